The molecule has 0 heterocycles. The maximum Gasteiger partial charge on any atom is 0.241 e. The van der Waals surface area contributed by atoms with Crippen molar-refractivity contribution in [2.45, 2.75) is 22.8 Å². The van der Waals surface area contributed by atoms with Gasteiger partial charge >= 0.3 is 0 Å². The van der Waals surface area contributed by atoms with Crippen molar-refractivity contribution < 1.29 is 21.6 Å². The zero-order valence-corrected chi connectivity index (χ0v) is 17.1. The van der Waals surface area contributed by atoms with Crippen molar-refractivity contribution in [1.82, 2.24) is 4.72 Å². The van der Waals surface area contributed by atoms with Crippen molar-refractivity contribution in [2.24, 2.45) is 0 Å². The number of ether oxygens (including phenoxy) is 1. The van der Waals surface area contributed by atoms with E-state index in [1.54, 1.807) is 25.1 Å². The average Bonchev–Trinajstić information content (AvgIpc) is 2.53. The van der Waals surface area contributed by atoms with Crippen LogP contribution < -0.4 is 9.46 Å². The van der Waals surface area contributed by atoms with Crippen LogP contribution in [0.1, 0.15) is 18.5 Å². The van der Waals surface area contributed by atoms with Gasteiger partial charge in [0.05, 0.1) is 21.4 Å². The van der Waals surface area contributed by atoms with Crippen molar-refractivity contribution in [1.29, 1.82) is 0 Å². The minimum absolute atomic E-state index is 0.0970. The highest BCUT2D eigenvalue weighted by Crippen LogP contribution is 2.28. The van der Waals surface area contributed by atoms with Gasteiger partial charge in [0.15, 0.2) is 9.84 Å². The predicted octanol–water partition coefficient (Wildman–Crippen LogP) is 2.90. The number of nitrogens with one attached hydrogen (secondary N) is 1. The summed E-state index contributed by atoms with van der Waals surface area (Å²) < 4.78 is 56.2. The van der Waals surface area contributed by atoms with E-state index in [9.17, 15) is 16.8 Å². The SMILES string of the molecule is COc1ccc(S(=O)(=O)NC(C)c2ccc(S(C)(=O)=O)cc2)cc1Br. The third-order valence-electron chi connectivity index (χ3n) is 3.57. The minimum Gasteiger partial charge on any atom is -0.496 e. The molecule has 2 rings (SSSR count). The van der Waals surface area contributed by atoms with Gasteiger partial charge in [0.25, 0.3) is 0 Å². The Morgan fingerprint density at radius 1 is 1.00 bits per heavy atom. The summed E-state index contributed by atoms with van der Waals surface area (Å²) in [5.74, 6) is 0.531. The van der Waals surface area contributed by atoms with E-state index in [-0.39, 0.29) is 9.79 Å². The molecule has 0 saturated carbocycles. The molecule has 136 valence electrons. The average molecular weight is 448 g/mol. The number of sulfone groups is 1. The van der Waals surface area contributed by atoms with E-state index >= 15 is 0 Å². The number of sulfonamides is 1. The van der Waals surface area contributed by atoms with Crippen LogP contribution in [0.3, 0.4) is 0 Å². The van der Waals surface area contributed by atoms with Gasteiger partial charge in [-0.3, -0.25) is 0 Å². The molecule has 1 N–H and O–H groups in total. The van der Waals surface area contributed by atoms with Crippen LogP contribution in [0.4, 0.5) is 0 Å². The lowest BCUT2D eigenvalue weighted by Crippen LogP contribution is -2.27. The lowest BCUT2D eigenvalue weighted by atomic mass is 10.1. The molecule has 0 saturated heterocycles. The molecule has 1 atom stereocenters. The second kappa shape index (κ2) is 7.45. The molecule has 9 heteroatoms. The van der Waals surface area contributed by atoms with Gasteiger partial charge < -0.3 is 4.74 Å². The number of hydrogen-bond donors (Lipinski definition) is 1. The Hall–Kier alpha value is -1.42. The summed E-state index contributed by atoms with van der Waals surface area (Å²) in [6, 6.07) is 10.0. The van der Waals surface area contributed by atoms with Gasteiger partial charge in [0, 0.05) is 12.3 Å². The predicted molar refractivity (Wildman–Crippen MR) is 99.0 cm³/mol. The van der Waals surface area contributed by atoms with Gasteiger partial charge in [-0.25, -0.2) is 21.6 Å². The van der Waals surface area contributed by atoms with Crippen LogP contribution >= 0.6 is 15.9 Å². The van der Waals surface area contributed by atoms with E-state index < -0.39 is 25.9 Å². The first kappa shape index (κ1) is 19.9. The van der Waals surface area contributed by atoms with Crippen molar-refractivity contribution in [2.75, 3.05) is 13.4 Å². The highest BCUT2D eigenvalue weighted by Gasteiger charge is 2.20. The molecule has 2 aromatic rings. The molecule has 0 aliphatic heterocycles. The molecule has 0 amide bonds. The van der Waals surface area contributed by atoms with Crippen molar-refractivity contribution in [3.63, 3.8) is 0 Å². The van der Waals surface area contributed by atoms with E-state index in [4.69, 9.17) is 4.74 Å². The van der Waals surface area contributed by atoms with Gasteiger partial charge in [-0.2, -0.15) is 0 Å². The molecule has 0 radical (unpaired) electrons. The molecule has 0 spiro atoms. The lowest BCUT2D eigenvalue weighted by molar-refractivity contribution is 0.411. The summed E-state index contributed by atoms with van der Waals surface area (Å²) in [6.07, 6.45) is 1.12. The zero-order chi connectivity index (χ0) is 18.8. The van der Waals surface area contributed by atoms with Crippen molar-refractivity contribution in [3.8, 4) is 5.75 Å². The van der Waals surface area contributed by atoms with E-state index in [0.29, 0.717) is 15.8 Å². The monoisotopic (exact) mass is 447 g/mol. The van der Waals surface area contributed by atoms with Gasteiger partial charge in [0.2, 0.25) is 10.0 Å². The van der Waals surface area contributed by atoms with Crippen LogP contribution in [-0.2, 0) is 19.9 Å². The molecule has 1 unspecified atom stereocenters. The summed E-state index contributed by atoms with van der Waals surface area (Å²) in [6.45, 7) is 1.69. The lowest BCUT2D eigenvalue weighted by Gasteiger charge is -2.15. The number of benzene rings is 2. The van der Waals surface area contributed by atoms with Crippen LogP contribution in [-0.4, -0.2) is 30.2 Å². The molecule has 0 bridgehead atoms. The second-order valence-electron chi connectivity index (χ2n) is 5.48. The molecular weight excluding hydrogens is 430 g/mol. The molecule has 2 aromatic carbocycles. The van der Waals surface area contributed by atoms with Gasteiger partial charge in [-0.15, -0.1) is 0 Å². The third-order valence-corrected chi connectivity index (χ3v) is 6.86. The minimum atomic E-state index is -3.75. The van der Waals surface area contributed by atoms with Gasteiger partial charge in [-0.05, 0) is 58.7 Å². The second-order valence-corrected chi connectivity index (χ2v) is 10.1. The highest BCUT2D eigenvalue weighted by atomic mass is 79.9. The molecule has 0 aromatic heterocycles. The van der Waals surface area contributed by atoms with Crippen LogP contribution in [0.5, 0.6) is 5.75 Å². The van der Waals surface area contributed by atoms with Crippen LogP contribution in [0, 0.1) is 0 Å². The molecule has 0 fully saturated rings. The summed E-state index contributed by atoms with van der Waals surface area (Å²) in [7, 11) is -5.54. The first-order valence-electron chi connectivity index (χ1n) is 7.20. The largest absolute Gasteiger partial charge is 0.496 e. The van der Waals surface area contributed by atoms with Gasteiger partial charge in [-0.1, -0.05) is 12.1 Å². The molecule has 0 aliphatic carbocycles. The quantitative estimate of drug-likeness (QED) is 0.734. The Labute approximate surface area is 156 Å². The van der Waals surface area contributed by atoms with E-state index in [1.165, 1.54) is 31.4 Å². The Morgan fingerprint density at radius 3 is 2.04 bits per heavy atom. The highest BCUT2D eigenvalue weighted by molar-refractivity contribution is 9.10. The number of rotatable bonds is 6. The van der Waals surface area contributed by atoms with Crippen molar-refractivity contribution in [3.05, 3.63) is 52.5 Å². The van der Waals surface area contributed by atoms with Crippen molar-refractivity contribution >= 4 is 35.8 Å². The fraction of sp³-hybridized carbons (Fsp3) is 0.250. The maximum atomic E-state index is 12.5. The fourth-order valence-electron chi connectivity index (χ4n) is 2.19. The Morgan fingerprint density at radius 2 is 1.56 bits per heavy atom. The van der Waals surface area contributed by atoms with E-state index in [0.717, 1.165) is 6.26 Å². The maximum absolute atomic E-state index is 12.5. The first-order chi connectivity index (χ1) is 11.5. The van der Waals surface area contributed by atoms with E-state index in [2.05, 4.69) is 20.7 Å². The van der Waals surface area contributed by atoms with Gasteiger partial charge in [0.1, 0.15) is 5.75 Å². The van der Waals surface area contributed by atoms with Crippen LogP contribution in [0.2, 0.25) is 0 Å². The summed E-state index contributed by atoms with van der Waals surface area (Å²) in [4.78, 5) is 0.283. The zero-order valence-electron chi connectivity index (χ0n) is 13.9. The number of methoxy groups -OCH3 is 1. The van der Waals surface area contributed by atoms with Crippen LogP contribution in [0.25, 0.3) is 0 Å². The fourth-order valence-corrected chi connectivity index (χ4v) is 4.77. The number of hydrogen-bond acceptors (Lipinski definition) is 5. The standard InChI is InChI=1S/C16H18BrNO5S2/c1-11(12-4-6-13(7-5-12)24(3,19)20)18-25(21,22)14-8-9-16(23-2)15(17)10-14/h4-11,18H,1-3H3. The summed E-state index contributed by atoms with van der Waals surface area (Å²) in [5, 5.41) is 0. The number of halogens is 1. The Balaban J connectivity index is 2.24. The smallest absolute Gasteiger partial charge is 0.241 e. The first-order valence-corrected chi connectivity index (χ1v) is 11.4. The van der Waals surface area contributed by atoms with Crippen LogP contribution in [0.15, 0.2) is 56.7 Å². The molecular formula is C16H18BrNO5S2. The molecule has 0 aliphatic rings. The summed E-state index contributed by atoms with van der Waals surface area (Å²) in [5.41, 5.74) is 0.656. The third kappa shape index (κ3) is 4.81. The normalized spacial score (nSPS) is 13.4. The Bertz CT molecular complexity index is 970. The molecule has 6 nitrogen and oxygen atoms in total. The Kier molecular flexibility index (Phi) is 5.93. The topological polar surface area (TPSA) is 89.5 Å². The molecule has 25 heavy (non-hydrogen) atoms. The summed E-state index contributed by atoms with van der Waals surface area (Å²) >= 11 is 3.26. The van der Waals surface area contributed by atoms with E-state index in [1.807, 2.05) is 0 Å².